The number of alkyl halides is 3. The summed E-state index contributed by atoms with van der Waals surface area (Å²) in [6.07, 6.45) is -6.03. The number of rotatable bonds is 2. The van der Waals surface area contributed by atoms with Crippen molar-refractivity contribution in [2.75, 3.05) is 0 Å². The number of carbonyl (C=O) groups is 2. The smallest absolute Gasteiger partial charge is 0.471 e. The van der Waals surface area contributed by atoms with Crippen molar-refractivity contribution < 1.29 is 33.0 Å². The summed E-state index contributed by atoms with van der Waals surface area (Å²) in [6.45, 7) is 1.29. The minimum absolute atomic E-state index is 0.447. The second kappa shape index (κ2) is 3.34. The van der Waals surface area contributed by atoms with Gasteiger partial charge in [0.1, 0.15) is 5.54 Å². The molecule has 0 aromatic carbocycles. The lowest BCUT2D eigenvalue weighted by Crippen LogP contribution is -2.69. The van der Waals surface area contributed by atoms with Crippen LogP contribution >= 0.6 is 0 Å². The van der Waals surface area contributed by atoms with Crippen LogP contribution in [0.1, 0.15) is 19.8 Å². The molecule has 3 N–H and O–H groups in total. The molecule has 0 bridgehead atoms. The van der Waals surface area contributed by atoms with Crippen molar-refractivity contribution in [3.63, 3.8) is 0 Å². The lowest BCUT2D eigenvalue weighted by atomic mass is 9.65. The Balaban J connectivity index is 2.77. The second-order valence-corrected chi connectivity index (χ2v) is 4.19. The van der Waals surface area contributed by atoms with Gasteiger partial charge >= 0.3 is 18.1 Å². The molecule has 1 rings (SSSR count). The van der Waals surface area contributed by atoms with E-state index >= 15 is 0 Å². The molecule has 0 saturated heterocycles. The predicted molar refractivity (Wildman–Crippen MR) is 44.4 cm³/mol. The van der Waals surface area contributed by atoms with E-state index in [1.807, 2.05) is 0 Å². The number of carboxylic acids is 1. The maximum absolute atomic E-state index is 11.9. The normalized spacial score (nSPS) is 34.1. The predicted octanol–water partition coefficient (Wildman–Crippen LogP) is 0.0331. The molecule has 1 aliphatic carbocycles. The van der Waals surface area contributed by atoms with Crippen LogP contribution < -0.4 is 5.32 Å². The molecule has 0 heterocycles. The van der Waals surface area contributed by atoms with E-state index in [2.05, 4.69) is 0 Å². The molecule has 16 heavy (non-hydrogen) atoms. The molecule has 8 heteroatoms. The number of nitrogens with one attached hydrogen (secondary N) is 1. The molecule has 5 nitrogen and oxygen atoms in total. The first-order chi connectivity index (χ1) is 6.99. The van der Waals surface area contributed by atoms with Gasteiger partial charge in [0.2, 0.25) is 0 Å². The standard InChI is InChI=1S/C8H10F3NO4/c1-6(16)2-7(3-6,5(14)15)12-4(13)8(9,10)11/h16H,2-3H2,1H3,(H,12,13)(H,14,15). The van der Waals surface area contributed by atoms with Crippen molar-refractivity contribution >= 4 is 11.9 Å². The topological polar surface area (TPSA) is 86.6 Å². The number of hydrogen-bond donors (Lipinski definition) is 3. The average Bonchev–Trinajstić information content (AvgIpc) is 1.97. The van der Waals surface area contributed by atoms with E-state index in [-0.39, 0.29) is 0 Å². The molecule has 0 aliphatic heterocycles. The Hall–Kier alpha value is -1.31. The third kappa shape index (κ3) is 2.26. The van der Waals surface area contributed by atoms with Gasteiger partial charge in [-0.15, -0.1) is 0 Å². The van der Waals surface area contributed by atoms with Crippen LogP contribution in [0.5, 0.6) is 0 Å². The summed E-state index contributed by atoms with van der Waals surface area (Å²) >= 11 is 0. The number of aliphatic carboxylic acids is 1. The third-order valence-corrected chi connectivity index (χ3v) is 2.38. The molecular formula is C8H10F3NO4. The van der Waals surface area contributed by atoms with Gasteiger partial charge in [-0.25, -0.2) is 4.79 Å². The highest BCUT2D eigenvalue weighted by Crippen LogP contribution is 2.41. The third-order valence-electron chi connectivity index (χ3n) is 2.38. The van der Waals surface area contributed by atoms with Crippen LogP contribution in [0.2, 0.25) is 0 Å². The maximum Gasteiger partial charge on any atom is 0.471 e. The fourth-order valence-electron chi connectivity index (χ4n) is 1.83. The molecule has 1 saturated carbocycles. The summed E-state index contributed by atoms with van der Waals surface area (Å²) in [5.74, 6) is -3.90. The van der Waals surface area contributed by atoms with E-state index in [1.165, 1.54) is 12.2 Å². The highest BCUT2D eigenvalue weighted by molar-refractivity contribution is 5.90. The zero-order valence-corrected chi connectivity index (χ0v) is 8.26. The molecule has 0 radical (unpaired) electrons. The Kier molecular flexibility index (Phi) is 2.66. The summed E-state index contributed by atoms with van der Waals surface area (Å²) in [7, 11) is 0. The van der Waals surface area contributed by atoms with Crippen LogP contribution in [0.4, 0.5) is 13.2 Å². The monoisotopic (exact) mass is 241 g/mol. The van der Waals surface area contributed by atoms with Crippen LogP contribution in [-0.4, -0.2) is 39.4 Å². The van der Waals surface area contributed by atoms with Gasteiger partial charge in [-0.05, 0) is 6.92 Å². The number of aliphatic hydroxyl groups is 1. The van der Waals surface area contributed by atoms with Gasteiger partial charge in [-0.1, -0.05) is 0 Å². The van der Waals surface area contributed by atoms with Crippen LogP contribution in [0.25, 0.3) is 0 Å². The first-order valence-corrected chi connectivity index (χ1v) is 4.34. The highest BCUT2D eigenvalue weighted by atomic mass is 19.4. The van der Waals surface area contributed by atoms with Crippen molar-refractivity contribution in [2.45, 2.75) is 37.1 Å². The van der Waals surface area contributed by atoms with Crippen LogP contribution in [0.15, 0.2) is 0 Å². The van der Waals surface area contributed by atoms with Gasteiger partial charge in [-0.3, -0.25) is 4.79 Å². The van der Waals surface area contributed by atoms with E-state index in [9.17, 15) is 27.9 Å². The quantitative estimate of drug-likeness (QED) is 0.636. The fourth-order valence-corrected chi connectivity index (χ4v) is 1.83. The molecule has 0 atom stereocenters. The van der Waals surface area contributed by atoms with Crippen molar-refractivity contribution in [2.24, 2.45) is 0 Å². The number of hydrogen-bond acceptors (Lipinski definition) is 3. The number of halogens is 3. The van der Waals surface area contributed by atoms with E-state index in [0.717, 1.165) is 0 Å². The van der Waals surface area contributed by atoms with Gasteiger partial charge in [0.15, 0.2) is 0 Å². The number of amides is 1. The Labute approximate surface area is 88.2 Å². The summed E-state index contributed by atoms with van der Waals surface area (Å²) in [5.41, 5.74) is -3.38. The fraction of sp³-hybridized carbons (Fsp3) is 0.750. The van der Waals surface area contributed by atoms with Crippen LogP contribution in [-0.2, 0) is 9.59 Å². The summed E-state index contributed by atoms with van der Waals surface area (Å²) in [4.78, 5) is 21.4. The minimum atomic E-state index is -5.14. The van der Waals surface area contributed by atoms with Crippen molar-refractivity contribution in [1.82, 2.24) is 5.32 Å². The van der Waals surface area contributed by atoms with Crippen LogP contribution in [0, 0.1) is 0 Å². The molecular weight excluding hydrogens is 231 g/mol. The average molecular weight is 241 g/mol. The molecule has 0 aromatic rings. The maximum atomic E-state index is 11.9. The number of carbonyl (C=O) groups excluding carboxylic acids is 1. The van der Waals surface area contributed by atoms with Crippen molar-refractivity contribution in [1.29, 1.82) is 0 Å². The second-order valence-electron chi connectivity index (χ2n) is 4.19. The first-order valence-electron chi connectivity index (χ1n) is 4.34. The van der Waals surface area contributed by atoms with E-state index < -0.39 is 42.0 Å². The van der Waals surface area contributed by atoms with E-state index in [1.54, 1.807) is 0 Å². The zero-order chi connectivity index (χ0) is 12.8. The minimum Gasteiger partial charge on any atom is -0.480 e. The van der Waals surface area contributed by atoms with Gasteiger partial charge in [-0.2, -0.15) is 13.2 Å². The highest BCUT2D eigenvalue weighted by Gasteiger charge is 2.59. The first kappa shape index (κ1) is 12.8. The summed E-state index contributed by atoms with van der Waals surface area (Å²) in [5, 5.41) is 19.5. The van der Waals surface area contributed by atoms with E-state index in [0.29, 0.717) is 0 Å². The molecule has 0 unspecified atom stereocenters. The Bertz CT molecular complexity index is 329. The van der Waals surface area contributed by atoms with Gasteiger partial charge < -0.3 is 15.5 Å². The Morgan fingerprint density at radius 2 is 1.75 bits per heavy atom. The molecule has 0 spiro atoms. The largest absolute Gasteiger partial charge is 0.480 e. The van der Waals surface area contributed by atoms with Crippen molar-refractivity contribution in [3.8, 4) is 0 Å². The van der Waals surface area contributed by atoms with E-state index in [4.69, 9.17) is 5.11 Å². The Morgan fingerprint density at radius 1 is 1.31 bits per heavy atom. The number of carboxylic acid groups (broad SMARTS) is 1. The SMILES string of the molecule is CC1(O)CC(NC(=O)C(F)(F)F)(C(=O)O)C1. The zero-order valence-electron chi connectivity index (χ0n) is 8.26. The molecule has 1 fully saturated rings. The van der Waals surface area contributed by atoms with Gasteiger partial charge in [0.25, 0.3) is 0 Å². The van der Waals surface area contributed by atoms with Crippen LogP contribution in [0.3, 0.4) is 0 Å². The summed E-state index contributed by atoms with van der Waals surface area (Å²) < 4.78 is 35.8. The molecule has 92 valence electrons. The summed E-state index contributed by atoms with van der Waals surface area (Å²) in [6, 6.07) is 0. The molecule has 1 aliphatic rings. The molecule has 0 aromatic heterocycles. The Morgan fingerprint density at radius 3 is 2.00 bits per heavy atom. The van der Waals surface area contributed by atoms with Crippen molar-refractivity contribution in [3.05, 3.63) is 0 Å². The lowest BCUT2D eigenvalue weighted by Gasteiger charge is -2.48. The molecule has 1 amide bonds. The van der Waals surface area contributed by atoms with Gasteiger partial charge in [0, 0.05) is 12.8 Å². The van der Waals surface area contributed by atoms with Gasteiger partial charge in [0.05, 0.1) is 5.60 Å². The lowest BCUT2D eigenvalue weighted by molar-refractivity contribution is -0.187.